The van der Waals surface area contributed by atoms with Crippen molar-refractivity contribution in [2.75, 3.05) is 39.9 Å². The van der Waals surface area contributed by atoms with Crippen LogP contribution in [0.5, 0.6) is 0 Å². The van der Waals surface area contributed by atoms with Crippen molar-refractivity contribution in [2.45, 2.75) is 19.0 Å². The van der Waals surface area contributed by atoms with E-state index >= 15 is 0 Å². The third-order valence-electron chi connectivity index (χ3n) is 2.69. The molecule has 0 aromatic carbocycles. The van der Waals surface area contributed by atoms with Crippen LogP contribution >= 0.6 is 0 Å². The fourth-order valence-corrected chi connectivity index (χ4v) is 1.80. The van der Waals surface area contributed by atoms with Crippen molar-refractivity contribution in [1.29, 1.82) is 0 Å². The lowest BCUT2D eigenvalue weighted by Crippen LogP contribution is -2.43. The molecule has 14 heavy (non-hydrogen) atoms. The van der Waals surface area contributed by atoms with E-state index in [1.807, 2.05) is 0 Å². The average Bonchev–Trinajstić information content (AvgIpc) is 2.45. The van der Waals surface area contributed by atoms with Crippen molar-refractivity contribution in [1.82, 2.24) is 0 Å². The molecule has 0 aromatic heterocycles. The van der Waals surface area contributed by atoms with Crippen molar-refractivity contribution >= 4 is 0 Å². The van der Waals surface area contributed by atoms with Gasteiger partial charge >= 0.3 is 6.18 Å². The SMILES string of the molecule is C[N+]1(CCOCC(F)(F)F)CCCC1. The van der Waals surface area contributed by atoms with Crippen LogP contribution in [0.15, 0.2) is 0 Å². The molecule has 1 saturated heterocycles. The predicted octanol–water partition coefficient (Wildman–Crippen LogP) is 1.81. The molecule has 0 bridgehead atoms. The summed E-state index contributed by atoms with van der Waals surface area (Å²) in [6.45, 7) is 1.91. The van der Waals surface area contributed by atoms with E-state index in [2.05, 4.69) is 11.8 Å². The monoisotopic (exact) mass is 212 g/mol. The molecule has 0 aromatic rings. The molecule has 0 saturated carbocycles. The highest BCUT2D eigenvalue weighted by molar-refractivity contribution is 4.52. The molecule has 0 N–H and O–H groups in total. The van der Waals surface area contributed by atoms with Gasteiger partial charge < -0.3 is 9.22 Å². The summed E-state index contributed by atoms with van der Waals surface area (Å²) in [7, 11) is 2.07. The molecular weight excluding hydrogens is 195 g/mol. The summed E-state index contributed by atoms with van der Waals surface area (Å²) >= 11 is 0. The smallest absolute Gasteiger partial charge is 0.366 e. The summed E-state index contributed by atoms with van der Waals surface area (Å²) in [5.74, 6) is 0. The van der Waals surface area contributed by atoms with E-state index in [9.17, 15) is 13.2 Å². The summed E-state index contributed by atoms with van der Waals surface area (Å²) < 4.78 is 40.6. The van der Waals surface area contributed by atoms with Crippen LogP contribution in [-0.2, 0) is 4.74 Å². The van der Waals surface area contributed by atoms with Crippen LogP contribution in [0, 0.1) is 0 Å². The highest BCUT2D eigenvalue weighted by Crippen LogP contribution is 2.17. The Bertz CT molecular complexity index is 175. The van der Waals surface area contributed by atoms with Crippen LogP contribution in [0.4, 0.5) is 13.2 Å². The first-order chi connectivity index (χ1) is 6.41. The molecule has 84 valence electrons. The number of quaternary nitrogens is 1. The maximum absolute atomic E-state index is 11.7. The van der Waals surface area contributed by atoms with Gasteiger partial charge in [0, 0.05) is 12.8 Å². The second-order valence-corrected chi connectivity index (χ2v) is 4.17. The standard InChI is InChI=1S/C9H17F3NO/c1-13(4-2-3-5-13)6-7-14-8-9(10,11)12/h2-8H2,1H3/q+1. The number of likely N-dealkylation sites (tertiary alicyclic amines) is 1. The van der Waals surface area contributed by atoms with Gasteiger partial charge in [-0.2, -0.15) is 13.2 Å². The van der Waals surface area contributed by atoms with Crippen molar-refractivity contribution in [3.63, 3.8) is 0 Å². The van der Waals surface area contributed by atoms with Crippen molar-refractivity contribution in [2.24, 2.45) is 0 Å². The van der Waals surface area contributed by atoms with E-state index in [0.29, 0.717) is 6.54 Å². The fraction of sp³-hybridized carbons (Fsp3) is 1.00. The molecule has 0 amide bonds. The van der Waals surface area contributed by atoms with Crippen LogP contribution in [0.3, 0.4) is 0 Å². The maximum atomic E-state index is 11.7. The number of alkyl halides is 3. The third kappa shape index (κ3) is 4.28. The van der Waals surface area contributed by atoms with E-state index in [1.165, 1.54) is 12.8 Å². The van der Waals surface area contributed by atoms with Gasteiger partial charge in [0.15, 0.2) is 0 Å². The van der Waals surface area contributed by atoms with E-state index < -0.39 is 12.8 Å². The maximum Gasteiger partial charge on any atom is 0.411 e. The Kier molecular flexibility index (Phi) is 3.78. The van der Waals surface area contributed by atoms with Gasteiger partial charge in [-0.05, 0) is 0 Å². The molecule has 0 radical (unpaired) electrons. The van der Waals surface area contributed by atoms with Crippen molar-refractivity contribution in [3.05, 3.63) is 0 Å². The van der Waals surface area contributed by atoms with Gasteiger partial charge in [-0.1, -0.05) is 0 Å². The Morgan fingerprint density at radius 2 is 1.79 bits per heavy atom. The van der Waals surface area contributed by atoms with Gasteiger partial charge in [0.1, 0.15) is 13.2 Å². The second-order valence-electron chi connectivity index (χ2n) is 4.17. The zero-order chi connectivity index (χ0) is 10.7. The first-order valence-corrected chi connectivity index (χ1v) is 4.89. The van der Waals surface area contributed by atoms with Crippen molar-refractivity contribution < 1.29 is 22.4 Å². The molecule has 0 unspecified atom stereocenters. The van der Waals surface area contributed by atoms with Gasteiger partial charge in [0.25, 0.3) is 0 Å². The topological polar surface area (TPSA) is 9.23 Å². The number of halogens is 3. The van der Waals surface area contributed by atoms with E-state index in [1.54, 1.807) is 0 Å². The Morgan fingerprint density at radius 3 is 2.29 bits per heavy atom. The molecule has 1 fully saturated rings. The highest BCUT2D eigenvalue weighted by Gasteiger charge is 2.29. The lowest BCUT2D eigenvalue weighted by Gasteiger charge is -2.28. The molecule has 1 aliphatic rings. The summed E-state index contributed by atoms with van der Waals surface area (Å²) in [5, 5.41) is 0. The number of nitrogens with zero attached hydrogens (tertiary/aromatic N) is 1. The van der Waals surface area contributed by atoms with Gasteiger partial charge in [-0.25, -0.2) is 0 Å². The van der Waals surface area contributed by atoms with E-state index in [4.69, 9.17) is 0 Å². The molecule has 0 spiro atoms. The summed E-state index contributed by atoms with van der Waals surface area (Å²) in [6, 6.07) is 0. The number of ether oxygens (including phenoxy) is 1. The summed E-state index contributed by atoms with van der Waals surface area (Å²) in [5.41, 5.74) is 0. The van der Waals surface area contributed by atoms with Gasteiger partial charge in [0.05, 0.1) is 26.7 Å². The van der Waals surface area contributed by atoms with Crippen LogP contribution < -0.4 is 0 Å². The molecule has 5 heteroatoms. The Morgan fingerprint density at radius 1 is 1.21 bits per heavy atom. The minimum absolute atomic E-state index is 0.204. The number of rotatable bonds is 4. The quantitative estimate of drug-likeness (QED) is 0.510. The van der Waals surface area contributed by atoms with E-state index in [-0.39, 0.29) is 6.61 Å². The predicted molar refractivity (Wildman–Crippen MR) is 46.9 cm³/mol. The molecule has 0 aliphatic carbocycles. The third-order valence-corrected chi connectivity index (χ3v) is 2.69. The van der Waals surface area contributed by atoms with Crippen LogP contribution in [0.1, 0.15) is 12.8 Å². The Labute approximate surface area is 82.2 Å². The second kappa shape index (κ2) is 4.49. The largest absolute Gasteiger partial charge is 0.411 e. The lowest BCUT2D eigenvalue weighted by molar-refractivity contribution is -0.898. The zero-order valence-corrected chi connectivity index (χ0v) is 8.44. The molecule has 1 rings (SSSR count). The van der Waals surface area contributed by atoms with Crippen LogP contribution in [-0.4, -0.2) is 50.6 Å². The van der Waals surface area contributed by atoms with Crippen LogP contribution in [0.2, 0.25) is 0 Å². The molecule has 2 nitrogen and oxygen atoms in total. The van der Waals surface area contributed by atoms with Gasteiger partial charge in [-0.15, -0.1) is 0 Å². The normalized spacial score (nSPS) is 21.4. The first-order valence-electron chi connectivity index (χ1n) is 4.89. The molecular formula is C9H17F3NO+. The Hall–Kier alpha value is -0.290. The number of likely N-dealkylation sites (N-methyl/N-ethyl adjacent to an activating group) is 1. The minimum atomic E-state index is -4.19. The van der Waals surface area contributed by atoms with Crippen LogP contribution in [0.25, 0.3) is 0 Å². The molecule has 1 aliphatic heterocycles. The van der Waals surface area contributed by atoms with Crippen molar-refractivity contribution in [3.8, 4) is 0 Å². The summed E-state index contributed by atoms with van der Waals surface area (Å²) in [6.07, 6.45) is -1.84. The lowest BCUT2D eigenvalue weighted by atomic mass is 10.4. The minimum Gasteiger partial charge on any atom is -0.366 e. The molecule has 0 atom stereocenters. The number of hydrogen-bond donors (Lipinski definition) is 0. The average molecular weight is 212 g/mol. The number of hydrogen-bond acceptors (Lipinski definition) is 1. The zero-order valence-electron chi connectivity index (χ0n) is 8.44. The van der Waals surface area contributed by atoms with E-state index in [0.717, 1.165) is 17.6 Å². The highest BCUT2D eigenvalue weighted by atomic mass is 19.4. The van der Waals surface area contributed by atoms with Gasteiger partial charge in [-0.3, -0.25) is 0 Å². The Balaban J connectivity index is 2.09. The summed E-state index contributed by atoms with van der Waals surface area (Å²) in [4.78, 5) is 0. The first kappa shape index (κ1) is 11.8. The van der Waals surface area contributed by atoms with Gasteiger partial charge in [0.2, 0.25) is 0 Å². The fourth-order valence-electron chi connectivity index (χ4n) is 1.80. The molecule has 1 heterocycles.